The number of carbonyl (C=O) groups is 3. The first-order chi connectivity index (χ1) is 14.5. The summed E-state index contributed by atoms with van der Waals surface area (Å²) in [5, 5.41) is 3.44. The lowest BCUT2D eigenvalue weighted by molar-refractivity contribution is -0.142. The van der Waals surface area contributed by atoms with E-state index < -0.39 is 0 Å². The average molecular weight is 437 g/mol. The second-order valence-electron chi connectivity index (χ2n) is 7.72. The number of ether oxygens (including phenoxy) is 1. The fraction of sp³-hybridized carbons (Fsp3) is 0.571. The number of esters is 1. The van der Waals surface area contributed by atoms with Gasteiger partial charge in [-0.1, -0.05) is 17.7 Å². The van der Waals surface area contributed by atoms with Crippen LogP contribution in [0.1, 0.15) is 19.3 Å². The summed E-state index contributed by atoms with van der Waals surface area (Å²) in [6.45, 7) is 3.82. The molecule has 0 bridgehead atoms. The molecular weight excluding hydrogens is 408 g/mol. The lowest BCUT2D eigenvalue weighted by Gasteiger charge is -2.36. The lowest BCUT2D eigenvalue weighted by Crippen LogP contribution is -2.53. The first-order valence-electron chi connectivity index (χ1n) is 10.3. The Balaban J connectivity index is 1.37. The van der Waals surface area contributed by atoms with Crippen molar-refractivity contribution in [3.8, 4) is 0 Å². The SMILES string of the molecule is COC(=O)CC1CCN(C(=O)CNC(=O)N2CCN(c3cccc(Cl)c3)CC2)CC1. The molecule has 0 saturated carbocycles. The molecule has 3 amide bonds. The quantitative estimate of drug-likeness (QED) is 0.713. The van der Waals surface area contributed by atoms with Gasteiger partial charge in [0.2, 0.25) is 5.91 Å². The highest BCUT2D eigenvalue weighted by atomic mass is 35.5. The molecule has 0 aliphatic carbocycles. The number of anilines is 1. The van der Waals surface area contributed by atoms with E-state index in [0.717, 1.165) is 31.6 Å². The van der Waals surface area contributed by atoms with Crippen molar-refractivity contribution in [2.75, 3.05) is 57.8 Å². The van der Waals surface area contributed by atoms with E-state index in [4.69, 9.17) is 16.3 Å². The van der Waals surface area contributed by atoms with Crippen LogP contribution in [-0.2, 0) is 14.3 Å². The molecule has 1 N–H and O–H groups in total. The molecule has 30 heavy (non-hydrogen) atoms. The number of amides is 3. The van der Waals surface area contributed by atoms with Crippen LogP contribution in [0.15, 0.2) is 24.3 Å². The largest absolute Gasteiger partial charge is 0.469 e. The predicted molar refractivity (Wildman–Crippen MR) is 115 cm³/mol. The maximum absolute atomic E-state index is 12.4. The van der Waals surface area contributed by atoms with Gasteiger partial charge in [0.05, 0.1) is 13.7 Å². The normalized spacial score (nSPS) is 17.6. The van der Waals surface area contributed by atoms with Gasteiger partial charge in [-0.25, -0.2) is 4.79 Å². The van der Waals surface area contributed by atoms with Crippen molar-refractivity contribution in [2.45, 2.75) is 19.3 Å². The van der Waals surface area contributed by atoms with Crippen LogP contribution in [0, 0.1) is 5.92 Å². The molecule has 9 heteroatoms. The molecule has 164 valence electrons. The summed E-state index contributed by atoms with van der Waals surface area (Å²) >= 11 is 6.06. The molecule has 8 nitrogen and oxygen atoms in total. The smallest absolute Gasteiger partial charge is 0.317 e. The zero-order chi connectivity index (χ0) is 21.5. The van der Waals surface area contributed by atoms with E-state index in [1.807, 2.05) is 24.3 Å². The second kappa shape index (κ2) is 10.5. The molecule has 2 aliphatic rings. The van der Waals surface area contributed by atoms with Crippen molar-refractivity contribution in [1.29, 1.82) is 0 Å². The number of piperidine rings is 1. The first kappa shape index (κ1) is 22.2. The van der Waals surface area contributed by atoms with Crippen molar-refractivity contribution >= 4 is 35.2 Å². The van der Waals surface area contributed by atoms with Gasteiger partial charge >= 0.3 is 12.0 Å². The minimum Gasteiger partial charge on any atom is -0.469 e. The first-order valence-corrected chi connectivity index (χ1v) is 10.7. The van der Waals surface area contributed by atoms with E-state index >= 15 is 0 Å². The molecule has 0 spiro atoms. The number of likely N-dealkylation sites (tertiary alicyclic amines) is 1. The van der Waals surface area contributed by atoms with Crippen molar-refractivity contribution in [3.05, 3.63) is 29.3 Å². The van der Waals surface area contributed by atoms with Gasteiger partial charge in [-0.15, -0.1) is 0 Å². The lowest BCUT2D eigenvalue weighted by atomic mass is 9.93. The van der Waals surface area contributed by atoms with Crippen LogP contribution < -0.4 is 10.2 Å². The van der Waals surface area contributed by atoms with E-state index in [0.29, 0.717) is 37.6 Å². The van der Waals surface area contributed by atoms with Crippen LogP contribution in [-0.4, -0.2) is 80.6 Å². The van der Waals surface area contributed by atoms with Gasteiger partial charge in [0.1, 0.15) is 0 Å². The molecule has 1 aromatic rings. The highest BCUT2D eigenvalue weighted by molar-refractivity contribution is 6.30. The Morgan fingerprint density at radius 2 is 1.77 bits per heavy atom. The van der Waals surface area contributed by atoms with Gasteiger partial charge in [0, 0.05) is 56.4 Å². The number of hydrogen-bond donors (Lipinski definition) is 1. The Morgan fingerprint density at radius 1 is 1.07 bits per heavy atom. The minimum absolute atomic E-state index is 0.00495. The molecule has 0 unspecified atom stereocenters. The van der Waals surface area contributed by atoms with Crippen LogP contribution in [0.5, 0.6) is 0 Å². The number of methoxy groups -OCH3 is 1. The third kappa shape index (κ3) is 6.01. The number of benzene rings is 1. The molecule has 2 fully saturated rings. The Bertz CT molecular complexity index is 759. The Kier molecular flexibility index (Phi) is 7.79. The molecule has 1 aromatic carbocycles. The summed E-state index contributed by atoms with van der Waals surface area (Å²) in [5.41, 5.74) is 1.05. The van der Waals surface area contributed by atoms with Crippen molar-refractivity contribution < 1.29 is 19.1 Å². The number of halogens is 1. The van der Waals surface area contributed by atoms with Crippen molar-refractivity contribution in [2.24, 2.45) is 5.92 Å². The van der Waals surface area contributed by atoms with Gasteiger partial charge in [0.25, 0.3) is 0 Å². The average Bonchev–Trinajstić information content (AvgIpc) is 2.77. The summed E-state index contributed by atoms with van der Waals surface area (Å²) in [6.07, 6.45) is 1.96. The van der Waals surface area contributed by atoms with Crippen LogP contribution >= 0.6 is 11.6 Å². The molecule has 0 atom stereocenters. The second-order valence-corrected chi connectivity index (χ2v) is 8.15. The Labute approximate surface area is 182 Å². The topological polar surface area (TPSA) is 82.2 Å². The molecule has 0 radical (unpaired) electrons. The molecule has 3 rings (SSSR count). The molecule has 2 heterocycles. The summed E-state index contributed by atoms with van der Waals surface area (Å²) in [6, 6.07) is 7.47. The number of carbonyl (C=O) groups excluding carboxylic acids is 3. The van der Waals surface area contributed by atoms with Gasteiger partial charge in [0.15, 0.2) is 0 Å². The minimum atomic E-state index is -0.213. The predicted octanol–water partition coefficient (Wildman–Crippen LogP) is 1.97. The summed E-state index contributed by atoms with van der Waals surface area (Å²) < 4.78 is 4.71. The highest BCUT2D eigenvalue weighted by Gasteiger charge is 2.26. The fourth-order valence-electron chi connectivity index (χ4n) is 3.92. The van der Waals surface area contributed by atoms with Crippen LogP contribution in [0.3, 0.4) is 0 Å². The summed E-state index contributed by atoms with van der Waals surface area (Å²) in [4.78, 5) is 41.9. The van der Waals surface area contributed by atoms with Crippen LogP contribution in [0.2, 0.25) is 5.02 Å². The monoisotopic (exact) mass is 436 g/mol. The number of rotatable bonds is 5. The fourth-order valence-corrected chi connectivity index (χ4v) is 4.11. The zero-order valence-electron chi connectivity index (χ0n) is 17.3. The van der Waals surface area contributed by atoms with Gasteiger partial charge in [-0.05, 0) is 37.0 Å². The van der Waals surface area contributed by atoms with Crippen LogP contribution in [0.4, 0.5) is 10.5 Å². The van der Waals surface area contributed by atoms with E-state index in [9.17, 15) is 14.4 Å². The maximum atomic E-state index is 12.4. The van der Waals surface area contributed by atoms with Gasteiger partial charge in [-0.3, -0.25) is 9.59 Å². The van der Waals surface area contributed by atoms with Gasteiger partial charge < -0.3 is 24.8 Å². The Hall–Kier alpha value is -2.48. The highest BCUT2D eigenvalue weighted by Crippen LogP contribution is 2.22. The number of piperazine rings is 1. The van der Waals surface area contributed by atoms with E-state index in [2.05, 4.69) is 10.2 Å². The molecule has 2 aliphatic heterocycles. The number of hydrogen-bond acceptors (Lipinski definition) is 5. The zero-order valence-corrected chi connectivity index (χ0v) is 18.1. The van der Waals surface area contributed by atoms with Crippen molar-refractivity contribution in [3.63, 3.8) is 0 Å². The Morgan fingerprint density at radius 3 is 2.40 bits per heavy atom. The standard InChI is InChI=1S/C21H29ClN4O4/c1-30-20(28)13-16-5-7-25(8-6-16)19(27)15-23-21(29)26-11-9-24(10-12-26)18-4-2-3-17(22)14-18/h2-4,14,16H,5-13,15H2,1H3,(H,23,29). The summed E-state index contributed by atoms with van der Waals surface area (Å²) in [7, 11) is 1.39. The summed E-state index contributed by atoms with van der Waals surface area (Å²) in [5.74, 6) is -0.0354. The van der Waals surface area contributed by atoms with Gasteiger partial charge in [-0.2, -0.15) is 0 Å². The number of nitrogens with zero attached hydrogens (tertiary/aromatic N) is 3. The van der Waals surface area contributed by atoms with E-state index in [1.165, 1.54) is 7.11 Å². The number of nitrogens with one attached hydrogen (secondary N) is 1. The van der Waals surface area contributed by atoms with E-state index in [-0.39, 0.29) is 30.4 Å². The van der Waals surface area contributed by atoms with E-state index in [1.54, 1.807) is 9.80 Å². The third-order valence-electron chi connectivity index (χ3n) is 5.78. The van der Waals surface area contributed by atoms with Crippen molar-refractivity contribution in [1.82, 2.24) is 15.1 Å². The molecular formula is C21H29ClN4O4. The van der Waals surface area contributed by atoms with Crippen LogP contribution in [0.25, 0.3) is 0 Å². The maximum Gasteiger partial charge on any atom is 0.317 e. The molecule has 0 aromatic heterocycles. The molecule has 2 saturated heterocycles. The third-order valence-corrected chi connectivity index (χ3v) is 6.02. The number of urea groups is 1.